The molecule has 0 aliphatic heterocycles. The maximum absolute atomic E-state index is 12.2. The summed E-state index contributed by atoms with van der Waals surface area (Å²) in [6.45, 7) is 3.94. The van der Waals surface area contributed by atoms with Crippen molar-refractivity contribution in [2.75, 3.05) is 19.0 Å². The molecule has 138 valence electrons. The Morgan fingerprint density at radius 3 is 2.50 bits per heavy atom. The Morgan fingerprint density at radius 2 is 1.85 bits per heavy atom. The molecular weight excluding hydrogens is 352 g/mol. The first-order valence-corrected chi connectivity index (χ1v) is 8.75. The van der Waals surface area contributed by atoms with Gasteiger partial charge in [0.05, 0.1) is 6.54 Å². The van der Waals surface area contributed by atoms with Crippen LogP contribution in [0.3, 0.4) is 0 Å². The number of hydrogen-bond donors (Lipinski definition) is 2. The Morgan fingerprint density at radius 1 is 1.12 bits per heavy atom. The minimum absolute atomic E-state index is 0.130. The average Bonchev–Trinajstić information content (AvgIpc) is 2.66. The van der Waals surface area contributed by atoms with E-state index in [2.05, 4.69) is 10.6 Å². The lowest BCUT2D eigenvalue weighted by atomic mass is 9.95. The van der Waals surface area contributed by atoms with Crippen LogP contribution in [0.25, 0.3) is 0 Å². The van der Waals surface area contributed by atoms with Crippen LogP contribution in [-0.4, -0.2) is 25.5 Å². The van der Waals surface area contributed by atoms with E-state index in [0.29, 0.717) is 10.7 Å². The van der Waals surface area contributed by atoms with Gasteiger partial charge in [0, 0.05) is 17.8 Å². The maximum Gasteiger partial charge on any atom is 0.313 e. The number of hydrogen-bond acceptors (Lipinski definition) is 3. The molecule has 26 heavy (non-hydrogen) atoms. The first kappa shape index (κ1) is 19.9. The minimum Gasteiger partial charge on any atom is -0.372 e. The van der Waals surface area contributed by atoms with E-state index in [-0.39, 0.29) is 6.54 Å². The highest BCUT2D eigenvalue weighted by Gasteiger charge is 2.28. The number of rotatable bonds is 6. The van der Waals surface area contributed by atoms with Crippen LogP contribution >= 0.6 is 11.6 Å². The molecule has 6 heteroatoms. The topological polar surface area (TPSA) is 67.4 Å². The van der Waals surface area contributed by atoms with Crippen molar-refractivity contribution in [3.05, 3.63) is 64.7 Å². The summed E-state index contributed by atoms with van der Waals surface area (Å²) in [4.78, 5) is 24.4. The maximum atomic E-state index is 12.2. The number of halogens is 1. The van der Waals surface area contributed by atoms with Gasteiger partial charge in [-0.1, -0.05) is 48.9 Å². The fourth-order valence-electron chi connectivity index (χ4n) is 2.57. The van der Waals surface area contributed by atoms with Gasteiger partial charge in [0.25, 0.3) is 0 Å². The van der Waals surface area contributed by atoms with E-state index in [9.17, 15) is 9.59 Å². The molecule has 1 atom stereocenters. The molecule has 0 saturated carbocycles. The number of carbonyl (C=O) groups is 2. The molecule has 2 rings (SSSR count). The zero-order valence-electron chi connectivity index (χ0n) is 15.1. The highest BCUT2D eigenvalue weighted by molar-refractivity contribution is 6.39. The number of ether oxygens (including phenoxy) is 1. The molecule has 2 aromatic carbocycles. The van der Waals surface area contributed by atoms with Gasteiger partial charge in [0.1, 0.15) is 5.60 Å². The summed E-state index contributed by atoms with van der Waals surface area (Å²) >= 11 is 6.03. The Labute approximate surface area is 158 Å². The van der Waals surface area contributed by atoms with Gasteiger partial charge in [-0.2, -0.15) is 0 Å². The fraction of sp³-hybridized carbons (Fsp3) is 0.300. The van der Waals surface area contributed by atoms with Crippen molar-refractivity contribution in [1.29, 1.82) is 0 Å². The Bertz CT molecular complexity index is 794. The molecule has 0 radical (unpaired) electrons. The number of carbonyl (C=O) groups excluding carboxylic acids is 2. The quantitative estimate of drug-likeness (QED) is 0.760. The molecule has 5 nitrogen and oxygen atoms in total. The minimum atomic E-state index is -0.803. The number of nitrogens with one attached hydrogen (secondary N) is 2. The molecular formula is C20H23ClN2O3. The van der Waals surface area contributed by atoms with Gasteiger partial charge >= 0.3 is 11.8 Å². The lowest BCUT2D eigenvalue weighted by Crippen LogP contribution is -2.44. The molecule has 0 aliphatic carbocycles. The van der Waals surface area contributed by atoms with E-state index < -0.39 is 17.4 Å². The van der Waals surface area contributed by atoms with E-state index >= 15 is 0 Å². The van der Waals surface area contributed by atoms with Crippen LogP contribution in [0.2, 0.25) is 5.02 Å². The predicted molar refractivity (Wildman–Crippen MR) is 103 cm³/mol. The van der Waals surface area contributed by atoms with E-state index in [1.165, 1.54) is 0 Å². The van der Waals surface area contributed by atoms with Crippen LogP contribution in [0, 0.1) is 0 Å². The number of methoxy groups -OCH3 is 1. The second-order valence-electron chi connectivity index (χ2n) is 6.09. The molecule has 2 aromatic rings. The number of aryl methyl sites for hydroxylation is 1. The fourth-order valence-corrected chi connectivity index (χ4v) is 2.76. The Balaban J connectivity index is 2.03. The number of para-hydroxylation sites is 1. The Hall–Kier alpha value is -2.37. The first-order chi connectivity index (χ1) is 12.4. The SMILES string of the molecule is CCc1ccccc1NC(=O)C(=O)NCC(C)(OC)c1cccc(Cl)c1. The van der Waals surface area contributed by atoms with Crippen molar-refractivity contribution in [2.24, 2.45) is 0 Å². The van der Waals surface area contributed by atoms with Gasteiger partial charge in [0.15, 0.2) is 0 Å². The third kappa shape index (κ3) is 4.84. The molecule has 0 aliphatic rings. The highest BCUT2D eigenvalue weighted by Crippen LogP contribution is 2.26. The zero-order chi connectivity index (χ0) is 19.2. The summed E-state index contributed by atoms with van der Waals surface area (Å²) < 4.78 is 5.56. The van der Waals surface area contributed by atoms with Gasteiger partial charge in [-0.15, -0.1) is 0 Å². The number of amides is 2. The van der Waals surface area contributed by atoms with Gasteiger partial charge in [-0.25, -0.2) is 0 Å². The van der Waals surface area contributed by atoms with Crippen LogP contribution < -0.4 is 10.6 Å². The number of anilines is 1. The van der Waals surface area contributed by atoms with Crippen LogP contribution in [0.5, 0.6) is 0 Å². The van der Waals surface area contributed by atoms with Gasteiger partial charge < -0.3 is 15.4 Å². The molecule has 0 spiro atoms. The number of benzene rings is 2. The summed E-state index contributed by atoms with van der Waals surface area (Å²) in [5.41, 5.74) is 1.61. The normalized spacial score (nSPS) is 12.9. The van der Waals surface area contributed by atoms with E-state index in [0.717, 1.165) is 17.5 Å². The van der Waals surface area contributed by atoms with Crippen LogP contribution in [0.4, 0.5) is 5.69 Å². The standard InChI is InChI=1S/C20H23ClN2O3/c1-4-14-8-5-6-11-17(14)23-19(25)18(24)22-13-20(2,26-3)15-9-7-10-16(21)12-15/h5-12H,4,13H2,1-3H3,(H,22,24)(H,23,25). The Kier molecular flexibility index (Phi) is 6.77. The molecule has 1 unspecified atom stereocenters. The second kappa shape index (κ2) is 8.83. The molecule has 0 bridgehead atoms. The third-order valence-electron chi connectivity index (χ3n) is 4.32. The summed E-state index contributed by atoms with van der Waals surface area (Å²) in [7, 11) is 1.55. The molecule has 2 N–H and O–H groups in total. The van der Waals surface area contributed by atoms with Gasteiger partial charge in [-0.3, -0.25) is 9.59 Å². The first-order valence-electron chi connectivity index (χ1n) is 8.38. The van der Waals surface area contributed by atoms with Crippen molar-refractivity contribution in [1.82, 2.24) is 5.32 Å². The molecule has 0 aromatic heterocycles. The lowest BCUT2D eigenvalue weighted by molar-refractivity contribution is -0.137. The van der Waals surface area contributed by atoms with Crippen LogP contribution in [-0.2, 0) is 26.3 Å². The van der Waals surface area contributed by atoms with E-state index in [4.69, 9.17) is 16.3 Å². The van der Waals surface area contributed by atoms with Crippen molar-refractivity contribution >= 4 is 29.1 Å². The highest BCUT2D eigenvalue weighted by atomic mass is 35.5. The van der Waals surface area contributed by atoms with Crippen molar-refractivity contribution in [3.63, 3.8) is 0 Å². The smallest absolute Gasteiger partial charge is 0.313 e. The summed E-state index contributed by atoms with van der Waals surface area (Å²) in [5, 5.41) is 5.86. The second-order valence-corrected chi connectivity index (χ2v) is 6.53. The molecule has 0 heterocycles. The van der Waals surface area contributed by atoms with Crippen LogP contribution in [0.15, 0.2) is 48.5 Å². The summed E-state index contributed by atoms with van der Waals surface area (Å²) in [6, 6.07) is 14.6. The monoisotopic (exact) mass is 374 g/mol. The zero-order valence-corrected chi connectivity index (χ0v) is 15.9. The molecule has 0 saturated heterocycles. The largest absolute Gasteiger partial charge is 0.372 e. The average molecular weight is 375 g/mol. The predicted octanol–water partition coefficient (Wildman–Crippen LogP) is 3.52. The van der Waals surface area contributed by atoms with E-state index in [1.54, 1.807) is 25.3 Å². The van der Waals surface area contributed by atoms with Gasteiger partial charge in [0.2, 0.25) is 0 Å². The summed E-state index contributed by atoms with van der Waals surface area (Å²) in [6.07, 6.45) is 0.759. The third-order valence-corrected chi connectivity index (χ3v) is 4.56. The van der Waals surface area contributed by atoms with Crippen molar-refractivity contribution < 1.29 is 14.3 Å². The lowest BCUT2D eigenvalue weighted by Gasteiger charge is -2.29. The van der Waals surface area contributed by atoms with E-state index in [1.807, 2.05) is 44.2 Å². The summed E-state index contributed by atoms with van der Waals surface area (Å²) in [5.74, 6) is -1.43. The molecule has 2 amide bonds. The molecule has 0 fully saturated rings. The van der Waals surface area contributed by atoms with Crippen LogP contribution in [0.1, 0.15) is 25.0 Å². The van der Waals surface area contributed by atoms with Crippen molar-refractivity contribution in [2.45, 2.75) is 25.9 Å². The van der Waals surface area contributed by atoms with Crippen molar-refractivity contribution in [3.8, 4) is 0 Å². The van der Waals surface area contributed by atoms with Gasteiger partial charge in [-0.05, 0) is 42.7 Å².